The summed E-state index contributed by atoms with van der Waals surface area (Å²) in [6, 6.07) is 11.1. The Morgan fingerprint density at radius 1 is 1.11 bits per heavy atom. The van der Waals surface area contributed by atoms with E-state index in [1.54, 1.807) is 0 Å². The highest BCUT2D eigenvalue weighted by Crippen LogP contribution is 2.24. The summed E-state index contributed by atoms with van der Waals surface area (Å²) in [6.07, 6.45) is 4.77. The van der Waals surface area contributed by atoms with Crippen molar-refractivity contribution in [2.24, 2.45) is 0 Å². The van der Waals surface area contributed by atoms with Gasteiger partial charge in [0.2, 0.25) is 0 Å². The SMILES string of the molecule is CCC(Nc1cnccc1C)c1ccc(C)cc1. The summed E-state index contributed by atoms with van der Waals surface area (Å²) in [4.78, 5) is 4.18. The number of aryl methyl sites for hydroxylation is 2. The molecule has 0 aliphatic heterocycles. The largest absolute Gasteiger partial charge is 0.377 e. The maximum atomic E-state index is 4.18. The lowest BCUT2D eigenvalue weighted by atomic mass is 10.0. The number of benzene rings is 1. The third-order valence-corrected chi connectivity index (χ3v) is 3.26. The van der Waals surface area contributed by atoms with Gasteiger partial charge >= 0.3 is 0 Å². The van der Waals surface area contributed by atoms with Gasteiger partial charge in [0.05, 0.1) is 17.9 Å². The monoisotopic (exact) mass is 240 g/mol. The van der Waals surface area contributed by atoms with Crippen molar-refractivity contribution in [1.29, 1.82) is 0 Å². The molecule has 1 aromatic heterocycles. The van der Waals surface area contributed by atoms with Crippen molar-refractivity contribution in [2.45, 2.75) is 33.2 Å². The molecule has 0 saturated carbocycles. The number of nitrogens with one attached hydrogen (secondary N) is 1. The molecule has 0 aliphatic carbocycles. The second-order valence-electron chi connectivity index (χ2n) is 4.71. The molecular formula is C16H20N2. The van der Waals surface area contributed by atoms with Gasteiger partial charge in [-0.2, -0.15) is 0 Å². The maximum Gasteiger partial charge on any atom is 0.0561 e. The van der Waals surface area contributed by atoms with Gasteiger partial charge in [0.1, 0.15) is 0 Å². The molecule has 1 N–H and O–H groups in total. The quantitative estimate of drug-likeness (QED) is 0.863. The van der Waals surface area contributed by atoms with Crippen LogP contribution in [-0.2, 0) is 0 Å². The Morgan fingerprint density at radius 3 is 2.44 bits per heavy atom. The van der Waals surface area contributed by atoms with Gasteiger partial charge < -0.3 is 5.32 Å². The Morgan fingerprint density at radius 2 is 1.83 bits per heavy atom. The van der Waals surface area contributed by atoms with Crippen LogP contribution in [0.4, 0.5) is 5.69 Å². The molecule has 0 fully saturated rings. The lowest BCUT2D eigenvalue weighted by Crippen LogP contribution is -2.10. The van der Waals surface area contributed by atoms with Crippen LogP contribution in [0.15, 0.2) is 42.7 Å². The first kappa shape index (κ1) is 12.6. The maximum absolute atomic E-state index is 4.18. The van der Waals surface area contributed by atoms with Crippen LogP contribution in [0.2, 0.25) is 0 Å². The summed E-state index contributed by atoms with van der Waals surface area (Å²) >= 11 is 0. The third-order valence-electron chi connectivity index (χ3n) is 3.26. The number of aromatic nitrogens is 1. The molecular weight excluding hydrogens is 220 g/mol. The van der Waals surface area contributed by atoms with Crippen molar-refractivity contribution in [3.63, 3.8) is 0 Å². The van der Waals surface area contributed by atoms with Crippen molar-refractivity contribution in [3.05, 3.63) is 59.4 Å². The topological polar surface area (TPSA) is 24.9 Å². The lowest BCUT2D eigenvalue weighted by Gasteiger charge is -2.20. The molecule has 0 bridgehead atoms. The van der Waals surface area contributed by atoms with Crippen LogP contribution in [0.25, 0.3) is 0 Å². The van der Waals surface area contributed by atoms with E-state index in [9.17, 15) is 0 Å². The summed E-state index contributed by atoms with van der Waals surface area (Å²) < 4.78 is 0. The molecule has 0 amide bonds. The first-order valence-electron chi connectivity index (χ1n) is 6.44. The van der Waals surface area contributed by atoms with Crippen LogP contribution in [0.1, 0.15) is 36.1 Å². The average molecular weight is 240 g/mol. The zero-order chi connectivity index (χ0) is 13.0. The fourth-order valence-electron chi connectivity index (χ4n) is 2.02. The van der Waals surface area contributed by atoms with Crippen molar-refractivity contribution < 1.29 is 0 Å². The first-order chi connectivity index (χ1) is 8.70. The Bertz CT molecular complexity index is 503. The minimum absolute atomic E-state index is 0.341. The molecule has 0 saturated heterocycles. The number of hydrogen-bond donors (Lipinski definition) is 1. The van der Waals surface area contributed by atoms with E-state index >= 15 is 0 Å². The summed E-state index contributed by atoms with van der Waals surface area (Å²) in [5.41, 5.74) is 4.97. The summed E-state index contributed by atoms with van der Waals surface area (Å²) in [5.74, 6) is 0. The van der Waals surface area contributed by atoms with Crippen molar-refractivity contribution >= 4 is 5.69 Å². The first-order valence-corrected chi connectivity index (χ1v) is 6.44. The van der Waals surface area contributed by atoms with Gasteiger partial charge in [-0.25, -0.2) is 0 Å². The Balaban J connectivity index is 2.20. The van der Waals surface area contributed by atoms with Crippen LogP contribution in [0.5, 0.6) is 0 Å². The van der Waals surface area contributed by atoms with E-state index in [-0.39, 0.29) is 0 Å². The van der Waals surface area contributed by atoms with Crippen LogP contribution < -0.4 is 5.32 Å². The van der Waals surface area contributed by atoms with Crippen LogP contribution in [-0.4, -0.2) is 4.98 Å². The lowest BCUT2D eigenvalue weighted by molar-refractivity contribution is 0.747. The van der Waals surface area contributed by atoms with E-state index in [0.29, 0.717) is 6.04 Å². The predicted octanol–water partition coefficient (Wildman–Crippen LogP) is 4.26. The number of nitrogens with zero attached hydrogens (tertiary/aromatic N) is 1. The predicted molar refractivity (Wildman–Crippen MR) is 76.8 cm³/mol. The molecule has 2 rings (SSSR count). The zero-order valence-electron chi connectivity index (χ0n) is 11.3. The number of rotatable bonds is 4. The molecule has 1 heterocycles. The Labute approximate surface area is 109 Å². The zero-order valence-corrected chi connectivity index (χ0v) is 11.3. The Kier molecular flexibility index (Phi) is 3.98. The fourth-order valence-corrected chi connectivity index (χ4v) is 2.02. The van der Waals surface area contributed by atoms with E-state index < -0.39 is 0 Å². The average Bonchev–Trinajstić information content (AvgIpc) is 2.39. The smallest absolute Gasteiger partial charge is 0.0561 e. The highest BCUT2D eigenvalue weighted by molar-refractivity contribution is 5.50. The molecule has 1 atom stereocenters. The number of pyridine rings is 1. The molecule has 2 nitrogen and oxygen atoms in total. The third kappa shape index (κ3) is 2.89. The van der Waals surface area contributed by atoms with Crippen molar-refractivity contribution in [2.75, 3.05) is 5.32 Å². The second kappa shape index (κ2) is 5.67. The molecule has 18 heavy (non-hydrogen) atoms. The van der Waals surface area contributed by atoms with E-state index in [0.717, 1.165) is 12.1 Å². The minimum Gasteiger partial charge on any atom is -0.377 e. The molecule has 2 aromatic rings. The summed E-state index contributed by atoms with van der Waals surface area (Å²) in [6.45, 7) is 6.42. The molecule has 0 spiro atoms. The van der Waals surface area contributed by atoms with E-state index in [1.165, 1.54) is 16.7 Å². The summed E-state index contributed by atoms with van der Waals surface area (Å²) in [7, 11) is 0. The molecule has 1 unspecified atom stereocenters. The van der Waals surface area contributed by atoms with Gasteiger partial charge in [0.25, 0.3) is 0 Å². The van der Waals surface area contributed by atoms with Gasteiger partial charge in [0.15, 0.2) is 0 Å². The normalized spacial score (nSPS) is 12.2. The Hall–Kier alpha value is -1.83. The highest BCUT2D eigenvalue weighted by atomic mass is 14.9. The molecule has 2 heteroatoms. The van der Waals surface area contributed by atoms with Crippen molar-refractivity contribution in [3.8, 4) is 0 Å². The van der Waals surface area contributed by atoms with Crippen LogP contribution >= 0.6 is 0 Å². The highest BCUT2D eigenvalue weighted by Gasteiger charge is 2.09. The van der Waals surface area contributed by atoms with Gasteiger partial charge in [-0.3, -0.25) is 4.98 Å². The van der Waals surface area contributed by atoms with Gasteiger partial charge in [-0.05, 0) is 37.5 Å². The van der Waals surface area contributed by atoms with Gasteiger partial charge in [-0.15, -0.1) is 0 Å². The minimum atomic E-state index is 0.341. The summed E-state index contributed by atoms with van der Waals surface area (Å²) in [5, 5.41) is 3.57. The van der Waals surface area contributed by atoms with Crippen LogP contribution in [0.3, 0.4) is 0 Å². The molecule has 0 aliphatic rings. The standard InChI is InChI=1S/C16H20N2/c1-4-15(14-7-5-12(2)6-8-14)18-16-11-17-10-9-13(16)3/h5-11,15,18H,4H2,1-3H3. The van der Waals surface area contributed by atoms with Crippen molar-refractivity contribution in [1.82, 2.24) is 4.98 Å². The van der Waals surface area contributed by atoms with E-state index in [1.807, 2.05) is 18.5 Å². The number of anilines is 1. The second-order valence-corrected chi connectivity index (χ2v) is 4.71. The number of hydrogen-bond acceptors (Lipinski definition) is 2. The fraction of sp³-hybridized carbons (Fsp3) is 0.312. The van der Waals surface area contributed by atoms with E-state index in [4.69, 9.17) is 0 Å². The van der Waals surface area contributed by atoms with Gasteiger partial charge in [-0.1, -0.05) is 36.8 Å². The van der Waals surface area contributed by atoms with Gasteiger partial charge in [0, 0.05) is 6.20 Å². The van der Waals surface area contributed by atoms with Crippen LogP contribution in [0, 0.1) is 13.8 Å². The molecule has 1 aromatic carbocycles. The molecule has 94 valence electrons. The molecule has 0 radical (unpaired) electrons. The van der Waals surface area contributed by atoms with E-state index in [2.05, 4.69) is 55.3 Å².